The monoisotopic (exact) mass is 181 g/mol. The Morgan fingerprint density at radius 2 is 2.23 bits per heavy atom. The highest BCUT2D eigenvalue weighted by Gasteiger charge is 2.11. The van der Waals surface area contributed by atoms with Crippen LogP contribution in [0.4, 0.5) is 0 Å². The Bertz CT molecular complexity index is 330. The minimum absolute atomic E-state index is 0.0948. The molecule has 0 aliphatic rings. The Morgan fingerprint density at radius 1 is 1.54 bits per heavy atom. The molecule has 0 spiro atoms. The van der Waals surface area contributed by atoms with Crippen LogP contribution in [0.2, 0.25) is 0 Å². The summed E-state index contributed by atoms with van der Waals surface area (Å²) in [5.41, 5.74) is 0.261. The standard InChI is InChI=1S/C8H11N3O2/c1-3-11-5-7(9-10-11)8(13)4-6(2)12/h5H,3-4H2,1-2H3. The molecular weight excluding hydrogens is 170 g/mol. The maximum absolute atomic E-state index is 11.2. The molecule has 0 fully saturated rings. The van der Waals surface area contributed by atoms with E-state index in [9.17, 15) is 9.59 Å². The van der Waals surface area contributed by atoms with E-state index in [4.69, 9.17) is 0 Å². The molecule has 13 heavy (non-hydrogen) atoms. The zero-order chi connectivity index (χ0) is 9.84. The van der Waals surface area contributed by atoms with E-state index in [0.717, 1.165) is 0 Å². The molecule has 0 aliphatic heterocycles. The van der Waals surface area contributed by atoms with E-state index in [1.807, 2.05) is 6.92 Å². The number of aryl methyl sites for hydroxylation is 1. The van der Waals surface area contributed by atoms with Crippen molar-refractivity contribution in [1.82, 2.24) is 15.0 Å². The fourth-order valence-electron chi connectivity index (χ4n) is 0.897. The summed E-state index contributed by atoms with van der Waals surface area (Å²) in [5, 5.41) is 7.35. The van der Waals surface area contributed by atoms with Crippen LogP contribution < -0.4 is 0 Å². The average Bonchev–Trinajstić information content (AvgIpc) is 2.50. The molecule has 70 valence electrons. The first-order valence-corrected chi connectivity index (χ1v) is 4.06. The van der Waals surface area contributed by atoms with Crippen LogP contribution in [0.15, 0.2) is 6.20 Å². The average molecular weight is 181 g/mol. The molecule has 1 aromatic heterocycles. The third kappa shape index (κ3) is 2.47. The fraction of sp³-hybridized carbons (Fsp3) is 0.500. The third-order valence-corrected chi connectivity index (χ3v) is 1.56. The SMILES string of the molecule is CCn1cc(C(=O)CC(C)=O)nn1. The van der Waals surface area contributed by atoms with Crippen LogP contribution in [0.5, 0.6) is 0 Å². The Balaban J connectivity index is 2.71. The Kier molecular flexibility index (Phi) is 2.89. The van der Waals surface area contributed by atoms with Crippen LogP contribution in [-0.4, -0.2) is 26.6 Å². The maximum atomic E-state index is 11.2. The van der Waals surface area contributed by atoms with E-state index < -0.39 is 0 Å². The smallest absolute Gasteiger partial charge is 0.192 e. The van der Waals surface area contributed by atoms with Crippen molar-refractivity contribution in [3.63, 3.8) is 0 Å². The summed E-state index contributed by atoms with van der Waals surface area (Å²) in [7, 11) is 0. The van der Waals surface area contributed by atoms with Gasteiger partial charge in [0.25, 0.3) is 0 Å². The lowest BCUT2D eigenvalue weighted by atomic mass is 10.2. The molecule has 5 nitrogen and oxygen atoms in total. The molecule has 0 bridgehead atoms. The number of hydrogen-bond donors (Lipinski definition) is 0. The van der Waals surface area contributed by atoms with Crippen LogP contribution in [0.25, 0.3) is 0 Å². The Morgan fingerprint density at radius 3 is 2.69 bits per heavy atom. The van der Waals surface area contributed by atoms with E-state index in [2.05, 4.69) is 10.3 Å². The third-order valence-electron chi connectivity index (χ3n) is 1.56. The van der Waals surface area contributed by atoms with Crippen LogP contribution in [0.1, 0.15) is 30.8 Å². The lowest BCUT2D eigenvalue weighted by molar-refractivity contribution is -0.116. The predicted molar refractivity (Wildman–Crippen MR) is 45.3 cm³/mol. The highest BCUT2D eigenvalue weighted by molar-refractivity contribution is 6.06. The van der Waals surface area contributed by atoms with Crippen LogP contribution in [0, 0.1) is 0 Å². The van der Waals surface area contributed by atoms with Gasteiger partial charge >= 0.3 is 0 Å². The lowest BCUT2D eigenvalue weighted by Crippen LogP contribution is -2.05. The quantitative estimate of drug-likeness (QED) is 0.500. The molecule has 0 N–H and O–H groups in total. The van der Waals surface area contributed by atoms with Crippen LogP contribution in [-0.2, 0) is 11.3 Å². The number of rotatable bonds is 4. The molecular formula is C8H11N3O2. The molecule has 0 saturated heterocycles. The number of carbonyl (C=O) groups is 2. The van der Waals surface area contributed by atoms with E-state index in [-0.39, 0.29) is 23.7 Å². The van der Waals surface area contributed by atoms with Gasteiger partial charge in [0, 0.05) is 6.54 Å². The molecule has 0 atom stereocenters. The van der Waals surface area contributed by atoms with E-state index in [0.29, 0.717) is 6.54 Å². The summed E-state index contributed by atoms with van der Waals surface area (Å²) >= 11 is 0. The molecule has 0 unspecified atom stereocenters. The van der Waals surface area contributed by atoms with Crippen molar-refractivity contribution in [2.75, 3.05) is 0 Å². The van der Waals surface area contributed by atoms with Gasteiger partial charge in [-0.2, -0.15) is 0 Å². The lowest BCUT2D eigenvalue weighted by Gasteiger charge is -1.90. The highest BCUT2D eigenvalue weighted by atomic mass is 16.1. The predicted octanol–water partition coefficient (Wildman–Crippen LogP) is 0.460. The number of ketones is 2. The van der Waals surface area contributed by atoms with Crippen LogP contribution >= 0.6 is 0 Å². The minimum atomic E-state index is -0.271. The van der Waals surface area contributed by atoms with Gasteiger partial charge < -0.3 is 0 Å². The van der Waals surface area contributed by atoms with Gasteiger partial charge in [0.05, 0.1) is 12.6 Å². The highest BCUT2D eigenvalue weighted by Crippen LogP contribution is 1.98. The number of Topliss-reactive ketones (excluding diaryl/α,β-unsaturated/α-hetero) is 2. The van der Waals surface area contributed by atoms with Gasteiger partial charge in [-0.3, -0.25) is 14.3 Å². The zero-order valence-corrected chi connectivity index (χ0v) is 7.65. The maximum Gasteiger partial charge on any atom is 0.192 e. The molecule has 5 heteroatoms. The summed E-state index contributed by atoms with van der Waals surface area (Å²) in [5.74, 6) is -0.428. The van der Waals surface area contributed by atoms with Crippen molar-refractivity contribution >= 4 is 11.6 Å². The molecule has 0 aromatic carbocycles. The molecule has 1 heterocycles. The number of aromatic nitrogens is 3. The van der Waals surface area contributed by atoms with Gasteiger partial charge in [-0.05, 0) is 13.8 Å². The van der Waals surface area contributed by atoms with E-state index >= 15 is 0 Å². The van der Waals surface area contributed by atoms with E-state index in [1.54, 1.807) is 10.9 Å². The second kappa shape index (κ2) is 3.93. The molecule has 0 radical (unpaired) electrons. The number of carbonyl (C=O) groups excluding carboxylic acids is 2. The molecule has 1 aromatic rings. The second-order valence-corrected chi connectivity index (χ2v) is 2.76. The van der Waals surface area contributed by atoms with Gasteiger partial charge in [0.15, 0.2) is 5.78 Å². The molecule has 1 rings (SSSR count). The van der Waals surface area contributed by atoms with Crippen molar-refractivity contribution in [3.05, 3.63) is 11.9 Å². The normalized spacial score (nSPS) is 10.0. The van der Waals surface area contributed by atoms with Gasteiger partial charge in [-0.25, -0.2) is 0 Å². The van der Waals surface area contributed by atoms with E-state index in [1.165, 1.54) is 6.92 Å². The summed E-state index contributed by atoms with van der Waals surface area (Å²) in [6.45, 7) is 3.94. The summed E-state index contributed by atoms with van der Waals surface area (Å²) in [6.07, 6.45) is 1.45. The summed E-state index contributed by atoms with van der Waals surface area (Å²) in [4.78, 5) is 21.9. The van der Waals surface area contributed by atoms with Crippen molar-refractivity contribution in [3.8, 4) is 0 Å². The topological polar surface area (TPSA) is 64.8 Å². The van der Waals surface area contributed by atoms with Gasteiger partial charge in [0.1, 0.15) is 11.5 Å². The van der Waals surface area contributed by atoms with Crippen molar-refractivity contribution in [2.24, 2.45) is 0 Å². The van der Waals surface area contributed by atoms with Crippen molar-refractivity contribution < 1.29 is 9.59 Å². The number of nitrogens with zero attached hydrogens (tertiary/aromatic N) is 3. The Hall–Kier alpha value is -1.52. The molecule has 0 saturated carbocycles. The molecule has 0 amide bonds. The second-order valence-electron chi connectivity index (χ2n) is 2.76. The minimum Gasteiger partial charge on any atom is -0.300 e. The van der Waals surface area contributed by atoms with Crippen molar-refractivity contribution in [1.29, 1.82) is 0 Å². The zero-order valence-electron chi connectivity index (χ0n) is 7.65. The molecule has 0 aliphatic carbocycles. The fourth-order valence-corrected chi connectivity index (χ4v) is 0.897. The van der Waals surface area contributed by atoms with Crippen molar-refractivity contribution in [2.45, 2.75) is 26.8 Å². The first kappa shape index (κ1) is 9.57. The van der Waals surface area contributed by atoms with Crippen LogP contribution in [0.3, 0.4) is 0 Å². The van der Waals surface area contributed by atoms with Gasteiger partial charge in [-0.15, -0.1) is 5.10 Å². The number of hydrogen-bond acceptors (Lipinski definition) is 4. The largest absolute Gasteiger partial charge is 0.300 e. The van der Waals surface area contributed by atoms with Gasteiger partial charge in [-0.1, -0.05) is 5.21 Å². The Labute approximate surface area is 75.7 Å². The first-order valence-electron chi connectivity index (χ1n) is 4.06. The first-order chi connectivity index (χ1) is 6.13. The summed E-state index contributed by atoms with van der Waals surface area (Å²) in [6, 6.07) is 0. The summed E-state index contributed by atoms with van der Waals surface area (Å²) < 4.78 is 1.55. The van der Waals surface area contributed by atoms with Gasteiger partial charge in [0.2, 0.25) is 0 Å².